The second kappa shape index (κ2) is 19.3. The molecule has 0 aliphatic heterocycles. The van der Waals surface area contributed by atoms with Crippen molar-refractivity contribution in [2.24, 2.45) is 0 Å². The van der Waals surface area contributed by atoms with Crippen molar-refractivity contribution in [2.75, 3.05) is 12.0 Å². The second-order valence-corrected chi connectivity index (χ2v) is 9.97. The molecule has 0 radical (unpaired) electrons. The van der Waals surface area contributed by atoms with Crippen molar-refractivity contribution in [3.63, 3.8) is 0 Å². The van der Waals surface area contributed by atoms with Crippen LogP contribution in [0.15, 0.2) is 30.3 Å². The van der Waals surface area contributed by atoms with Gasteiger partial charge in [-0.05, 0) is 23.7 Å². The Hall–Kier alpha value is -0.470. The summed E-state index contributed by atoms with van der Waals surface area (Å²) < 4.78 is 0. The van der Waals surface area contributed by atoms with E-state index in [2.05, 4.69) is 43.5 Å². The van der Waals surface area contributed by atoms with Crippen LogP contribution in [-0.4, -0.2) is 17.5 Å². The van der Waals surface area contributed by atoms with E-state index in [1.165, 1.54) is 107 Å². The van der Waals surface area contributed by atoms with Crippen LogP contribution in [0.4, 0.5) is 0 Å². The molecular formula is C24H44OS. The Morgan fingerprint density at radius 1 is 0.615 bits per heavy atom. The lowest BCUT2D eigenvalue weighted by Crippen LogP contribution is -2.08. The van der Waals surface area contributed by atoms with E-state index in [1.807, 2.05) is 0 Å². The van der Waals surface area contributed by atoms with Crippen molar-refractivity contribution in [3.05, 3.63) is 35.9 Å². The molecule has 0 fully saturated rings. The van der Waals surface area contributed by atoms with Crippen LogP contribution in [0.25, 0.3) is 0 Å². The van der Waals surface area contributed by atoms with Crippen molar-refractivity contribution in [1.82, 2.24) is 0 Å². The Labute approximate surface area is 167 Å². The molecule has 0 saturated carbocycles. The highest BCUT2D eigenvalue weighted by Gasteiger charge is 2.11. The summed E-state index contributed by atoms with van der Waals surface area (Å²) in [6, 6.07) is 11.0. The quantitative estimate of drug-likeness (QED) is 0.201. The molecule has 0 heterocycles. The van der Waals surface area contributed by atoms with Gasteiger partial charge < -0.3 is 5.48 Å². The van der Waals surface area contributed by atoms with Gasteiger partial charge in [-0.25, -0.2) is 0 Å². The molecule has 0 bridgehead atoms. The van der Waals surface area contributed by atoms with Crippen LogP contribution < -0.4 is 0 Å². The first-order valence-corrected chi connectivity index (χ1v) is 12.9. The molecule has 1 N–H and O–H groups in total. The van der Waals surface area contributed by atoms with Gasteiger partial charge in [0.05, 0.1) is 6.26 Å². The highest BCUT2D eigenvalue weighted by Crippen LogP contribution is 2.14. The molecule has 1 rings (SSSR count). The number of hydrogen-bond acceptors (Lipinski definition) is 1. The van der Waals surface area contributed by atoms with Crippen molar-refractivity contribution < 1.29 is 5.48 Å². The summed E-state index contributed by atoms with van der Waals surface area (Å²) in [5.41, 5.74) is 1.51. The van der Waals surface area contributed by atoms with Crippen LogP contribution >= 0.6 is 0 Å². The maximum atomic E-state index is 2.44. The Balaban J connectivity index is 0.00000625. The first-order valence-electron chi connectivity index (χ1n) is 11.0. The minimum Gasteiger partial charge on any atom is -0.870 e. The largest absolute Gasteiger partial charge is 0.870 e. The molecule has 0 aromatic heterocycles. The predicted octanol–water partition coefficient (Wildman–Crippen LogP) is 7.74. The minimum atomic E-state index is 0. The molecule has 1 nitrogen and oxygen atoms in total. The van der Waals surface area contributed by atoms with Crippen LogP contribution in [0.2, 0.25) is 0 Å². The van der Waals surface area contributed by atoms with Gasteiger partial charge in [-0.1, -0.05) is 114 Å². The summed E-state index contributed by atoms with van der Waals surface area (Å²) in [5, 5.41) is 0. The summed E-state index contributed by atoms with van der Waals surface area (Å²) in [6.45, 7) is 2.30. The number of benzene rings is 1. The molecule has 1 aromatic rings. The minimum absolute atomic E-state index is 0. The zero-order valence-corrected chi connectivity index (χ0v) is 18.4. The Kier molecular flexibility index (Phi) is 18.9. The molecule has 26 heavy (non-hydrogen) atoms. The first kappa shape index (κ1) is 25.5. The van der Waals surface area contributed by atoms with Crippen molar-refractivity contribution in [1.29, 1.82) is 0 Å². The van der Waals surface area contributed by atoms with E-state index in [0.717, 1.165) is 0 Å². The van der Waals surface area contributed by atoms with Crippen LogP contribution in [0, 0.1) is 0 Å². The molecule has 0 amide bonds. The van der Waals surface area contributed by atoms with Crippen LogP contribution in [0.5, 0.6) is 0 Å². The summed E-state index contributed by atoms with van der Waals surface area (Å²) in [4.78, 5) is 0. The Morgan fingerprint density at radius 2 is 1.04 bits per heavy atom. The maximum absolute atomic E-state index is 2.44. The fraction of sp³-hybridized carbons (Fsp3) is 0.750. The van der Waals surface area contributed by atoms with Crippen LogP contribution in [0.1, 0.15) is 102 Å². The molecule has 152 valence electrons. The number of unbranched alkanes of at least 4 members (excludes halogenated alkanes) is 13. The lowest BCUT2D eigenvalue weighted by molar-refractivity contribution is 0.538. The third-order valence-corrected chi connectivity index (χ3v) is 6.91. The topological polar surface area (TPSA) is 30.0 Å². The Bertz CT molecular complexity index is 379. The number of hydrogen-bond donors (Lipinski definition) is 0. The van der Waals surface area contributed by atoms with E-state index in [9.17, 15) is 0 Å². The zero-order chi connectivity index (χ0) is 18.0. The predicted molar refractivity (Wildman–Crippen MR) is 121 cm³/mol. The third kappa shape index (κ3) is 15.8. The molecular weight excluding hydrogens is 336 g/mol. The highest BCUT2D eigenvalue weighted by atomic mass is 32.2. The SMILES string of the molecule is CCCCCCCCCCCCCCCC[S+](C)Cc1ccccc1.[OH-]. The van der Waals surface area contributed by atoms with E-state index in [1.54, 1.807) is 0 Å². The highest BCUT2D eigenvalue weighted by molar-refractivity contribution is 7.95. The maximum Gasteiger partial charge on any atom is 0.132 e. The lowest BCUT2D eigenvalue weighted by atomic mass is 10.0. The van der Waals surface area contributed by atoms with Gasteiger partial charge in [-0.2, -0.15) is 0 Å². The van der Waals surface area contributed by atoms with E-state index >= 15 is 0 Å². The number of rotatable bonds is 17. The molecule has 0 aliphatic carbocycles. The fourth-order valence-electron chi connectivity index (χ4n) is 3.47. The van der Waals surface area contributed by atoms with E-state index in [-0.39, 0.29) is 5.48 Å². The lowest BCUT2D eigenvalue weighted by Gasteiger charge is -2.05. The molecule has 1 aromatic carbocycles. The first-order chi connectivity index (χ1) is 12.3. The fourth-order valence-corrected chi connectivity index (χ4v) is 5.08. The molecule has 0 aliphatic rings. The summed E-state index contributed by atoms with van der Waals surface area (Å²) in [5.74, 6) is 2.70. The average Bonchev–Trinajstić information content (AvgIpc) is 2.63. The monoisotopic (exact) mass is 380 g/mol. The molecule has 1 atom stereocenters. The molecule has 1 unspecified atom stereocenters. The van der Waals surface area contributed by atoms with Crippen molar-refractivity contribution in [2.45, 2.75) is 103 Å². The van der Waals surface area contributed by atoms with E-state index < -0.39 is 0 Å². The van der Waals surface area contributed by atoms with Gasteiger partial charge in [0.2, 0.25) is 0 Å². The summed E-state index contributed by atoms with van der Waals surface area (Å²) in [6.07, 6.45) is 22.8. The summed E-state index contributed by atoms with van der Waals surface area (Å²) >= 11 is 0. The van der Waals surface area contributed by atoms with Gasteiger partial charge in [0.25, 0.3) is 0 Å². The average molecular weight is 381 g/mol. The zero-order valence-electron chi connectivity index (χ0n) is 17.6. The van der Waals surface area contributed by atoms with E-state index in [4.69, 9.17) is 0 Å². The van der Waals surface area contributed by atoms with Crippen LogP contribution in [-0.2, 0) is 16.6 Å². The summed E-state index contributed by atoms with van der Waals surface area (Å²) in [7, 11) is 0.563. The third-order valence-electron chi connectivity index (χ3n) is 5.10. The van der Waals surface area contributed by atoms with Gasteiger partial charge >= 0.3 is 0 Å². The van der Waals surface area contributed by atoms with Gasteiger partial charge in [-0.15, -0.1) is 0 Å². The van der Waals surface area contributed by atoms with Crippen molar-refractivity contribution in [3.8, 4) is 0 Å². The molecule has 2 heteroatoms. The van der Waals surface area contributed by atoms with E-state index in [0.29, 0.717) is 10.9 Å². The second-order valence-electron chi connectivity index (χ2n) is 7.71. The molecule has 0 spiro atoms. The molecule has 0 saturated heterocycles. The van der Waals surface area contributed by atoms with Gasteiger partial charge in [0, 0.05) is 5.56 Å². The smallest absolute Gasteiger partial charge is 0.132 e. The van der Waals surface area contributed by atoms with Crippen molar-refractivity contribution >= 4 is 10.9 Å². The Morgan fingerprint density at radius 3 is 1.50 bits per heavy atom. The van der Waals surface area contributed by atoms with Gasteiger partial charge in [0.1, 0.15) is 11.5 Å². The normalized spacial score (nSPS) is 11.9. The van der Waals surface area contributed by atoms with Gasteiger partial charge in [0.15, 0.2) is 0 Å². The van der Waals surface area contributed by atoms with Crippen LogP contribution in [0.3, 0.4) is 0 Å². The standard InChI is InChI=1S/C24H43S.H2O/c1-3-4-5-6-7-8-9-10-11-12-13-14-15-19-22-25(2)23-24-20-17-16-18-21-24;/h16-18,20-21H,3-15,19,22-23H2,1-2H3;1H2/q+1;/p-1. The van der Waals surface area contributed by atoms with Gasteiger partial charge in [-0.3, -0.25) is 0 Å².